The number of aliphatic hydroxyl groups excluding tert-OH is 3. The van der Waals surface area contributed by atoms with Gasteiger partial charge in [0.2, 0.25) is 23.6 Å². The molecule has 0 saturated carbocycles. The van der Waals surface area contributed by atoms with Gasteiger partial charge >= 0.3 is 0 Å². The summed E-state index contributed by atoms with van der Waals surface area (Å²) in [6.07, 6.45) is 1.41. The van der Waals surface area contributed by atoms with E-state index in [2.05, 4.69) is 31.7 Å². The number of aromatic nitrogens is 5. The molecule has 3 N–H and O–H groups in total. The molecule has 4 amide bonds. The molecule has 4 aliphatic heterocycles. The number of nitriles is 1. The van der Waals surface area contributed by atoms with Crippen LogP contribution in [-0.2, 0) is 84.1 Å². The fourth-order valence-corrected chi connectivity index (χ4v) is 18.6. The average Bonchev–Trinajstić information content (AvgIpc) is 1.64. The zero-order valence-electron chi connectivity index (χ0n) is 82.3. The molecule has 5 aromatic heterocycles. The van der Waals surface area contributed by atoms with E-state index in [4.69, 9.17) is 46.6 Å². The number of carbonyl (C=O) groups is 9. The van der Waals surface area contributed by atoms with Crippen molar-refractivity contribution in [3.8, 4) is 16.5 Å². The molecule has 4 fully saturated rings. The predicted octanol–water partition coefficient (Wildman–Crippen LogP) is 18.9. The lowest BCUT2D eigenvalue weighted by molar-refractivity contribution is -0.140. The van der Waals surface area contributed by atoms with Crippen molar-refractivity contribution >= 4 is 87.1 Å². The lowest BCUT2D eigenvalue weighted by Gasteiger charge is -2.29. The van der Waals surface area contributed by atoms with E-state index >= 15 is 0 Å². The number of β-amino-alcohol motifs (C(OH)–C–C–N with tert-alkyl or cyclic N) is 3. The van der Waals surface area contributed by atoms with Crippen LogP contribution in [0.4, 0.5) is 0 Å². The highest BCUT2D eigenvalue weighted by Gasteiger charge is 2.49. The molecule has 4 aliphatic rings. The van der Waals surface area contributed by atoms with Crippen LogP contribution in [0.3, 0.4) is 0 Å². The minimum atomic E-state index is -0.731. The Morgan fingerprint density at radius 3 is 1.05 bits per heavy atom. The van der Waals surface area contributed by atoms with Crippen LogP contribution in [0.25, 0.3) is 10.4 Å². The fraction of sp³-hybridized carbons (Fsp3) is 0.538. The average molecular weight is 1910 g/mol. The van der Waals surface area contributed by atoms with Crippen molar-refractivity contribution in [1.82, 2.24) is 45.2 Å². The quantitative estimate of drug-likeness (QED) is 0.0392. The third-order valence-electron chi connectivity index (χ3n) is 25.6. The molecular formula is C106H136Cl2N10O16S. The number of aryl methyl sites for hydroxylation is 4. The molecule has 13 rings (SSSR count). The maximum absolute atomic E-state index is 13.7. The molecule has 12 atom stereocenters. The zero-order chi connectivity index (χ0) is 99.4. The van der Waals surface area contributed by atoms with Crippen LogP contribution in [0.5, 0.6) is 0 Å². The van der Waals surface area contributed by atoms with Crippen molar-refractivity contribution < 1.29 is 76.6 Å². The zero-order valence-corrected chi connectivity index (χ0v) is 84.6. The van der Waals surface area contributed by atoms with Gasteiger partial charge < -0.3 is 53.0 Å². The van der Waals surface area contributed by atoms with Crippen LogP contribution in [0, 0.1) is 41.9 Å². The molecule has 9 heterocycles. The van der Waals surface area contributed by atoms with Crippen LogP contribution in [-0.4, -0.2) is 182 Å². The van der Waals surface area contributed by atoms with Crippen LogP contribution < -0.4 is 0 Å². The van der Waals surface area contributed by atoms with E-state index < -0.39 is 66.2 Å². The molecule has 726 valence electrons. The third-order valence-corrected chi connectivity index (χ3v) is 27.1. The van der Waals surface area contributed by atoms with Gasteiger partial charge in [-0.1, -0.05) is 250 Å². The molecule has 4 saturated heterocycles. The molecule has 26 nitrogen and oxygen atoms in total. The van der Waals surface area contributed by atoms with Crippen LogP contribution >= 0.6 is 34.5 Å². The summed E-state index contributed by atoms with van der Waals surface area (Å²) < 4.78 is 22.3. The summed E-state index contributed by atoms with van der Waals surface area (Å²) in [5.41, 5.74) is 10.8. The minimum Gasteiger partial charge on any atom is -0.391 e. The van der Waals surface area contributed by atoms with Gasteiger partial charge in [-0.25, -0.2) is 4.98 Å². The number of Topliss-reactive ketones (excluding diaryl/α,β-unsaturated/α-hetero) is 5. The second kappa shape index (κ2) is 45.7. The summed E-state index contributed by atoms with van der Waals surface area (Å²) >= 11 is 13.5. The second-order valence-electron chi connectivity index (χ2n) is 42.2. The Morgan fingerprint density at radius 1 is 0.444 bits per heavy atom. The van der Waals surface area contributed by atoms with Crippen molar-refractivity contribution in [2.24, 2.45) is 23.7 Å². The summed E-state index contributed by atoms with van der Waals surface area (Å²) in [6.45, 7) is 44.3. The predicted molar refractivity (Wildman–Crippen MR) is 519 cm³/mol. The number of rotatable bonds is 29. The first-order valence-electron chi connectivity index (χ1n) is 47.1. The number of thiazole rings is 1. The Labute approximate surface area is 808 Å². The number of benzene rings is 4. The van der Waals surface area contributed by atoms with E-state index in [1.54, 1.807) is 45.4 Å². The number of ketones is 5. The molecule has 29 heteroatoms. The number of hydrogen-bond acceptors (Lipinski definition) is 23. The fourth-order valence-electron chi connectivity index (χ4n) is 17.6. The monoisotopic (exact) mass is 1910 g/mol. The molecule has 135 heavy (non-hydrogen) atoms. The number of carbonyl (C=O) groups excluding carboxylic acids is 9. The normalized spacial score (nSPS) is 19.3. The van der Waals surface area contributed by atoms with Crippen molar-refractivity contribution in [2.75, 3.05) is 26.2 Å². The summed E-state index contributed by atoms with van der Waals surface area (Å²) in [5.74, 6) is -1.79. The molecule has 0 radical (unpaired) electrons. The lowest BCUT2D eigenvalue weighted by Crippen LogP contribution is -2.44. The van der Waals surface area contributed by atoms with Crippen molar-refractivity contribution in [1.29, 1.82) is 5.26 Å². The number of aliphatic hydroxyl groups is 3. The van der Waals surface area contributed by atoms with Gasteiger partial charge in [-0.15, -0.1) is 11.3 Å². The van der Waals surface area contributed by atoms with Crippen molar-refractivity contribution in [3.63, 3.8) is 0 Å². The smallest absolute Gasteiger partial charge is 0.234 e. The maximum Gasteiger partial charge on any atom is 0.234 e. The van der Waals surface area contributed by atoms with Crippen molar-refractivity contribution in [2.45, 2.75) is 317 Å². The third kappa shape index (κ3) is 27.7. The Kier molecular flexibility index (Phi) is 36.1. The largest absolute Gasteiger partial charge is 0.391 e. The topological polar surface area (TPSA) is 368 Å². The molecule has 12 unspecified atom stereocenters. The van der Waals surface area contributed by atoms with Gasteiger partial charge in [-0.2, -0.15) is 5.26 Å². The van der Waals surface area contributed by atoms with Gasteiger partial charge in [0, 0.05) is 127 Å². The molecule has 9 aromatic rings. The highest BCUT2D eigenvalue weighted by molar-refractivity contribution is 7.13. The standard InChI is InChI=1S/C29H35N3O4S.C26H35ClN2O4.C26H33N3O4.C25H33ClN2O4/c1-17(2)26(24-14-25(31-36-24)29(4,5)6)28(35)32-15-21(33)13-22(32)23(34)12-9-19-7-10-20(11-8-19)27-18(3)30-16-37-27;1-15(2)24(22-13-23(28-33-22)26(4,5)6)25(32)29-14-19(30)12-20(29)21(31)11-16(3)17-7-9-18(27)10-8-17;1-16(2)24(22-13-23(28-33-22)26(3,4)5)25(32)29-15-19(30)12-20(29)21(31)11-10-17-6-8-18(14-27)9-7-17;1-15(2)23(21-13-22(27-32-21)25(3,4)5)24(31)28-14-18(29)12-19(28)20(30)11-8-16-6-9-17(26)10-7-16/h7-8,10-11,14,16-17,22,26H,9,12-13,15H2,1-6H3;7-10,13,15-16,19-20,24,30H,11-12,14H2,1-6H3;6-9,13,16,19-20,24,30H,10-12,15H2,1-5H3;6-7,9-10,13,15,18-19,23,29H,8,11-12,14H2,1-5H3. The molecule has 0 spiro atoms. The second-order valence-corrected chi connectivity index (χ2v) is 43.9. The van der Waals surface area contributed by atoms with E-state index in [1.807, 2.05) is 255 Å². The Bertz CT molecular complexity index is 5600. The van der Waals surface area contributed by atoms with Gasteiger partial charge in [-0.3, -0.25) is 43.2 Å². The van der Waals surface area contributed by atoms with E-state index in [9.17, 15) is 58.5 Å². The number of amides is 4. The highest BCUT2D eigenvalue weighted by atomic mass is 35.5. The molecule has 0 bridgehead atoms. The maximum atomic E-state index is 13.7. The summed E-state index contributed by atoms with van der Waals surface area (Å²) in [5, 5.41) is 57.9. The van der Waals surface area contributed by atoms with Gasteiger partial charge in [-0.05, 0) is 120 Å². The Balaban J connectivity index is 0.000000186. The van der Waals surface area contributed by atoms with E-state index in [-0.39, 0.29) is 175 Å². The number of hydrogen-bond donors (Lipinski definition) is 3. The Morgan fingerprint density at radius 2 is 0.748 bits per heavy atom. The Hall–Kier alpha value is -10.5. The SMILES string of the molecule is CC(C)C(C(=O)N1CC(O)CC1C(=O)CCc1ccc(C#N)cc1)c1cc(C(C)(C)C)no1.CC(C)C(C(=O)N1CC(O)CC1C(=O)CCc1ccc(Cl)cc1)c1cc(C(C)(C)C)no1.CC(CC(=O)C1CC(O)CN1C(=O)C(c1cc(C(C)(C)C)no1)C(C)C)c1ccc(Cl)cc1.Cc1ncsc1-c1ccc(CCC(=O)C2CC(=O)CN2C(=O)C(c2cc(C(C)(C)C)no2)C(C)C)cc1. The molecule has 4 aromatic carbocycles. The molecule has 0 aliphatic carbocycles. The van der Waals surface area contributed by atoms with Crippen LogP contribution in [0.1, 0.15) is 306 Å². The summed E-state index contributed by atoms with van der Waals surface area (Å²) in [7, 11) is 0. The molecular weight excluding hydrogens is 1770 g/mol. The summed E-state index contributed by atoms with van der Waals surface area (Å²) in [4.78, 5) is 131. The minimum absolute atomic E-state index is 0.0195. The first kappa shape index (κ1) is 107. The summed E-state index contributed by atoms with van der Waals surface area (Å²) in [6, 6.07) is 36.9. The van der Waals surface area contributed by atoms with Crippen LogP contribution in [0.2, 0.25) is 10.0 Å². The number of nitrogens with zero attached hydrogens (tertiary/aromatic N) is 10. The number of likely N-dealkylation sites (tertiary alicyclic amines) is 4. The first-order valence-corrected chi connectivity index (χ1v) is 48.7. The lowest BCUT2D eigenvalue weighted by atomic mass is 9.87. The number of halogens is 2. The van der Waals surface area contributed by atoms with Gasteiger partial charge in [0.25, 0.3) is 0 Å². The first-order chi connectivity index (χ1) is 63.3. The van der Waals surface area contributed by atoms with Crippen molar-refractivity contribution in [3.05, 3.63) is 216 Å². The van der Waals surface area contributed by atoms with Gasteiger partial charge in [0.05, 0.1) is 99.5 Å². The van der Waals surface area contributed by atoms with Crippen LogP contribution in [0.15, 0.2) is 145 Å². The van der Waals surface area contributed by atoms with E-state index in [1.165, 1.54) is 9.80 Å². The van der Waals surface area contributed by atoms with E-state index in [0.29, 0.717) is 64.3 Å². The van der Waals surface area contributed by atoms with Gasteiger partial charge in [0.15, 0.2) is 28.9 Å². The van der Waals surface area contributed by atoms with Gasteiger partial charge in [0.1, 0.15) is 46.7 Å². The van der Waals surface area contributed by atoms with E-state index in [0.717, 1.165) is 61.2 Å². The highest BCUT2D eigenvalue weighted by Crippen LogP contribution is 2.41.